The first-order chi connectivity index (χ1) is 14.9. The van der Waals surface area contributed by atoms with Gasteiger partial charge >= 0.3 is 5.97 Å². The molecule has 0 saturated carbocycles. The molecule has 1 aliphatic rings. The van der Waals surface area contributed by atoms with E-state index in [9.17, 15) is 14.4 Å². The molecule has 1 atom stereocenters. The lowest BCUT2D eigenvalue weighted by Gasteiger charge is -2.17. The summed E-state index contributed by atoms with van der Waals surface area (Å²) in [7, 11) is 0. The van der Waals surface area contributed by atoms with Gasteiger partial charge in [0, 0.05) is 24.3 Å². The minimum Gasteiger partial charge on any atom is -0.494 e. The fourth-order valence-electron chi connectivity index (χ4n) is 3.29. The molecule has 2 aromatic rings. The number of hydrogen-bond donors (Lipinski definition) is 1. The van der Waals surface area contributed by atoms with Crippen LogP contribution in [-0.4, -0.2) is 37.0 Å². The number of ether oxygens (including phenoxy) is 2. The van der Waals surface area contributed by atoms with Crippen molar-refractivity contribution in [2.45, 2.75) is 39.7 Å². The summed E-state index contributed by atoms with van der Waals surface area (Å²) in [4.78, 5) is 38.7. The molecule has 7 heteroatoms. The quantitative estimate of drug-likeness (QED) is 0.647. The van der Waals surface area contributed by atoms with Crippen LogP contribution in [0.2, 0.25) is 0 Å². The molecule has 164 valence electrons. The van der Waals surface area contributed by atoms with Crippen molar-refractivity contribution >= 4 is 29.2 Å². The Morgan fingerprint density at radius 3 is 2.39 bits per heavy atom. The fourth-order valence-corrected chi connectivity index (χ4v) is 3.29. The van der Waals surface area contributed by atoms with Crippen LogP contribution in [0.5, 0.6) is 5.75 Å². The Labute approximate surface area is 182 Å². The van der Waals surface area contributed by atoms with Crippen molar-refractivity contribution in [1.82, 2.24) is 0 Å². The molecule has 1 N–H and O–H groups in total. The van der Waals surface area contributed by atoms with Gasteiger partial charge in [0.25, 0.3) is 0 Å². The molecule has 1 saturated heterocycles. The summed E-state index contributed by atoms with van der Waals surface area (Å²) in [5.74, 6) is -0.414. The van der Waals surface area contributed by atoms with Crippen LogP contribution in [0.25, 0.3) is 0 Å². The molecule has 31 heavy (non-hydrogen) atoms. The zero-order valence-electron chi connectivity index (χ0n) is 18.1. The first-order valence-electron chi connectivity index (χ1n) is 10.5. The molecule has 1 fully saturated rings. The van der Waals surface area contributed by atoms with Crippen LogP contribution < -0.4 is 15.0 Å². The zero-order valence-corrected chi connectivity index (χ0v) is 18.1. The molecule has 2 amide bonds. The van der Waals surface area contributed by atoms with Crippen LogP contribution in [0.15, 0.2) is 48.5 Å². The highest BCUT2D eigenvalue weighted by atomic mass is 16.5. The Balaban J connectivity index is 1.58. The summed E-state index contributed by atoms with van der Waals surface area (Å²) in [6.07, 6.45) is 0.877. The van der Waals surface area contributed by atoms with E-state index in [1.165, 1.54) is 0 Å². The monoisotopic (exact) mass is 424 g/mol. The number of benzene rings is 2. The van der Waals surface area contributed by atoms with Crippen molar-refractivity contribution in [3.05, 3.63) is 54.1 Å². The molecule has 0 radical (unpaired) electrons. The minimum absolute atomic E-state index is 0.0887. The maximum absolute atomic E-state index is 12.7. The first kappa shape index (κ1) is 22.3. The van der Waals surface area contributed by atoms with Gasteiger partial charge in [0.15, 0.2) is 0 Å². The average molecular weight is 424 g/mol. The second-order valence-corrected chi connectivity index (χ2v) is 7.77. The molecule has 1 heterocycles. The lowest BCUT2D eigenvalue weighted by atomic mass is 10.1. The zero-order chi connectivity index (χ0) is 22.4. The highest BCUT2D eigenvalue weighted by Crippen LogP contribution is 2.28. The number of carbonyl (C=O) groups excluding carboxylic acids is 3. The molecule has 1 unspecified atom stereocenters. The molecule has 0 aromatic heterocycles. The number of hydrogen-bond acceptors (Lipinski definition) is 5. The summed E-state index contributed by atoms with van der Waals surface area (Å²) in [6, 6.07) is 13.8. The van der Waals surface area contributed by atoms with Gasteiger partial charge in [-0.15, -0.1) is 0 Å². The van der Waals surface area contributed by atoms with E-state index in [1.54, 1.807) is 43.0 Å². The van der Waals surface area contributed by atoms with Crippen LogP contribution in [-0.2, 0) is 14.3 Å². The number of nitrogens with zero attached hydrogens (tertiary/aromatic N) is 1. The van der Waals surface area contributed by atoms with Gasteiger partial charge in [-0.1, -0.05) is 6.92 Å². The smallest absolute Gasteiger partial charge is 0.338 e. The molecule has 2 aromatic carbocycles. The number of amides is 2. The minimum atomic E-state index is -0.450. The van der Waals surface area contributed by atoms with Gasteiger partial charge in [-0.25, -0.2) is 4.79 Å². The van der Waals surface area contributed by atoms with Crippen LogP contribution in [0.1, 0.15) is 44.0 Å². The number of anilines is 2. The number of nitrogens with one attached hydrogen (secondary N) is 1. The topological polar surface area (TPSA) is 84.9 Å². The predicted octanol–water partition coefficient (Wildman–Crippen LogP) is 4.03. The van der Waals surface area contributed by atoms with Gasteiger partial charge in [0.2, 0.25) is 11.8 Å². The van der Waals surface area contributed by atoms with Crippen molar-refractivity contribution < 1.29 is 23.9 Å². The number of esters is 1. The van der Waals surface area contributed by atoms with Gasteiger partial charge in [0.05, 0.1) is 24.2 Å². The lowest BCUT2D eigenvalue weighted by Crippen LogP contribution is -2.28. The largest absolute Gasteiger partial charge is 0.494 e. The predicted molar refractivity (Wildman–Crippen MR) is 118 cm³/mol. The number of rotatable bonds is 8. The maximum Gasteiger partial charge on any atom is 0.338 e. The van der Waals surface area contributed by atoms with Gasteiger partial charge < -0.3 is 19.7 Å². The van der Waals surface area contributed by atoms with E-state index in [4.69, 9.17) is 9.47 Å². The molecule has 0 spiro atoms. The van der Waals surface area contributed by atoms with Crippen molar-refractivity contribution in [3.8, 4) is 5.75 Å². The SMILES string of the molecule is CCCOc1ccc(N2CC(C(=O)Nc3ccc(C(=O)OC(C)C)cc3)CC2=O)cc1. The third kappa shape index (κ3) is 5.84. The van der Waals surface area contributed by atoms with Crippen LogP contribution in [0, 0.1) is 5.92 Å². The summed E-state index contributed by atoms with van der Waals surface area (Å²) in [6.45, 7) is 6.57. The van der Waals surface area contributed by atoms with Crippen LogP contribution in [0.4, 0.5) is 11.4 Å². The van der Waals surface area contributed by atoms with E-state index < -0.39 is 11.9 Å². The van der Waals surface area contributed by atoms with Crippen molar-refractivity contribution in [2.75, 3.05) is 23.4 Å². The lowest BCUT2D eigenvalue weighted by molar-refractivity contribution is -0.122. The molecule has 1 aliphatic heterocycles. The van der Waals surface area contributed by atoms with E-state index in [2.05, 4.69) is 5.32 Å². The Morgan fingerprint density at radius 2 is 1.77 bits per heavy atom. The first-order valence-corrected chi connectivity index (χ1v) is 10.5. The highest BCUT2D eigenvalue weighted by molar-refractivity contribution is 6.03. The van der Waals surface area contributed by atoms with Crippen molar-refractivity contribution in [2.24, 2.45) is 5.92 Å². The maximum atomic E-state index is 12.7. The Morgan fingerprint density at radius 1 is 1.10 bits per heavy atom. The molecular weight excluding hydrogens is 396 g/mol. The van der Waals surface area contributed by atoms with Crippen molar-refractivity contribution in [3.63, 3.8) is 0 Å². The Hall–Kier alpha value is -3.35. The van der Waals surface area contributed by atoms with Gasteiger partial charge in [-0.3, -0.25) is 9.59 Å². The summed E-state index contributed by atoms with van der Waals surface area (Å²) in [5, 5.41) is 2.83. The van der Waals surface area contributed by atoms with Crippen molar-refractivity contribution in [1.29, 1.82) is 0 Å². The van der Waals surface area contributed by atoms with Gasteiger partial charge in [-0.05, 0) is 68.8 Å². The third-order valence-electron chi connectivity index (χ3n) is 4.85. The van der Waals surface area contributed by atoms with E-state index in [1.807, 2.05) is 31.2 Å². The van der Waals surface area contributed by atoms with Crippen LogP contribution in [0.3, 0.4) is 0 Å². The Kier molecular flexibility index (Phi) is 7.28. The van der Waals surface area contributed by atoms with Gasteiger partial charge in [0.1, 0.15) is 5.75 Å². The molecule has 0 aliphatic carbocycles. The summed E-state index contributed by atoms with van der Waals surface area (Å²) >= 11 is 0. The van der Waals surface area contributed by atoms with E-state index in [0.717, 1.165) is 17.9 Å². The van der Waals surface area contributed by atoms with E-state index in [-0.39, 0.29) is 24.3 Å². The standard InChI is InChI=1S/C24H28N2O5/c1-4-13-30-21-11-9-20(10-12-21)26-15-18(14-22(26)27)23(28)25-19-7-5-17(6-8-19)24(29)31-16(2)3/h5-12,16,18H,4,13-15H2,1-3H3,(H,25,28). The second-order valence-electron chi connectivity index (χ2n) is 7.77. The van der Waals surface area contributed by atoms with E-state index in [0.29, 0.717) is 24.4 Å². The van der Waals surface area contributed by atoms with E-state index >= 15 is 0 Å². The summed E-state index contributed by atoms with van der Waals surface area (Å²) < 4.78 is 10.7. The average Bonchev–Trinajstić information content (AvgIpc) is 3.14. The third-order valence-corrected chi connectivity index (χ3v) is 4.85. The fraction of sp³-hybridized carbons (Fsp3) is 0.375. The molecule has 3 rings (SSSR count). The molecule has 7 nitrogen and oxygen atoms in total. The van der Waals surface area contributed by atoms with Crippen LogP contribution >= 0.6 is 0 Å². The highest BCUT2D eigenvalue weighted by Gasteiger charge is 2.35. The summed E-state index contributed by atoms with van der Waals surface area (Å²) in [5.41, 5.74) is 1.73. The van der Waals surface area contributed by atoms with Gasteiger partial charge in [-0.2, -0.15) is 0 Å². The Bertz CT molecular complexity index is 922. The number of carbonyl (C=O) groups is 3. The normalized spacial score (nSPS) is 15.8. The second kappa shape index (κ2) is 10.1. The molecule has 0 bridgehead atoms. The molecular formula is C24H28N2O5.